The maximum absolute atomic E-state index is 4.58. The van der Waals surface area contributed by atoms with Crippen LogP contribution in [0.2, 0.25) is 0 Å². The van der Waals surface area contributed by atoms with Gasteiger partial charge in [-0.05, 0) is 30.2 Å². The SMILES string of the molecule is Cc1cnc2n1C(c1ccc(Br)cc1)c1ccccc1-2. The molecule has 0 aliphatic carbocycles. The molecule has 1 atom stereocenters. The van der Waals surface area contributed by atoms with E-state index in [0.29, 0.717) is 0 Å². The minimum atomic E-state index is 0.233. The molecule has 0 N–H and O–H groups in total. The second-order valence-electron chi connectivity index (χ2n) is 5.13. The molecule has 3 aromatic rings. The Morgan fingerprint density at radius 3 is 2.60 bits per heavy atom. The molecular formula is C17H13BrN2. The van der Waals surface area contributed by atoms with Gasteiger partial charge in [-0.2, -0.15) is 0 Å². The van der Waals surface area contributed by atoms with E-state index < -0.39 is 0 Å². The summed E-state index contributed by atoms with van der Waals surface area (Å²) >= 11 is 3.51. The fourth-order valence-corrected chi connectivity index (χ4v) is 3.29. The topological polar surface area (TPSA) is 17.8 Å². The van der Waals surface area contributed by atoms with Crippen molar-refractivity contribution in [3.05, 3.63) is 76.0 Å². The standard InChI is InChI=1S/C17H13BrN2/c1-11-10-19-17-15-5-3-2-4-14(15)16(20(11)17)12-6-8-13(18)9-7-12/h2-10,16H,1H3. The average molecular weight is 325 g/mol. The minimum Gasteiger partial charge on any atom is -0.317 e. The van der Waals surface area contributed by atoms with Gasteiger partial charge in [0.1, 0.15) is 5.82 Å². The van der Waals surface area contributed by atoms with Crippen LogP contribution >= 0.6 is 15.9 Å². The Bertz CT molecular complexity index is 787. The highest BCUT2D eigenvalue weighted by molar-refractivity contribution is 9.10. The summed E-state index contributed by atoms with van der Waals surface area (Å²) in [6.07, 6.45) is 1.96. The number of imidazole rings is 1. The van der Waals surface area contributed by atoms with Crippen molar-refractivity contribution in [2.24, 2.45) is 0 Å². The molecule has 2 nitrogen and oxygen atoms in total. The second kappa shape index (κ2) is 4.32. The lowest BCUT2D eigenvalue weighted by molar-refractivity contribution is 0.696. The number of aryl methyl sites for hydroxylation is 1. The lowest BCUT2D eigenvalue weighted by Gasteiger charge is -2.17. The minimum absolute atomic E-state index is 0.233. The fourth-order valence-electron chi connectivity index (χ4n) is 3.02. The summed E-state index contributed by atoms with van der Waals surface area (Å²) in [6.45, 7) is 2.12. The molecule has 98 valence electrons. The van der Waals surface area contributed by atoms with E-state index in [1.807, 2.05) is 6.20 Å². The predicted octanol–water partition coefficient (Wildman–Crippen LogP) is 4.57. The summed E-state index contributed by atoms with van der Waals surface area (Å²) in [5.41, 5.74) is 5.07. The Morgan fingerprint density at radius 1 is 1.05 bits per heavy atom. The molecule has 1 aliphatic heterocycles. The zero-order valence-corrected chi connectivity index (χ0v) is 12.6. The van der Waals surface area contributed by atoms with Crippen molar-refractivity contribution in [2.45, 2.75) is 13.0 Å². The maximum Gasteiger partial charge on any atom is 0.141 e. The molecule has 2 heterocycles. The molecule has 0 fully saturated rings. The number of rotatable bonds is 1. The van der Waals surface area contributed by atoms with Gasteiger partial charge in [0.25, 0.3) is 0 Å². The maximum atomic E-state index is 4.58. The smallest absolute Gasteiger partial charge is 0.141 e. The van der Waals surface area contributed by atoms with Crippen LogP contribution in [0.1, 0.15) is 22.9 Å². The van der Waals surface area contributed by atoms with Crippen molar-refractivity contribution in [3.8, 4) is 11.4 Å². The number of hydrogen-bond donors (Lipinski definition) is 0. The van der Waals surface area contributed by atoms with E-state index in [1.165, 1.54) is 22.4 Å². The first-order valence-electron chi connectivity index (χ1n) is 6.64. The summed E-state index contributed by atoms with van der Waals surface area (Å²) < 4.78 is 3.43. The quantitative estimate of drug-likeness (QED) is 0.501. The molecule has 1 aliphatic rings. The van der Waals surface area contributed by atoms with Crippen LogP contribution in [0.4, 0.5) is 0 Å². The third-order valence-electron chi connectivity index (χ3n) is 3.92. The molecule has 0 saturated carbocycles. The van der Waals surface area contributed by atoms with E-state index in [0.717, 1.165) is 10.3 Å². The Balaban J connectivity index is 1.99. The molecule has 3 heteroatoms. The van der Waals surface area contributed by atoms with E-state index in [2.05, 4.69) is 80.9 Å². The van der Waals surface area contributed by atoms with Crippen LogP contribution in [0.5, 0.6) is 0 Å². The molecule has 20 heavy (non-hydrogen) atoms. The monoisotopic (exact) mass is 324 g/mol. The number of halogens is 1. The highest BCUT2D eigenvalue weighted by Crippen LogP contribution is 2.43. The van der Waals surface area contributed by atoms with Crippen LogP contribution in [0.25, 0.3) is 11.4 Å². The van der Waals surface area contributed by atoms with Crippen LogP contribution in [0.15, 0.2) is 59.2 Å². The first-order valence-corrected chi connectivity index (χ1v) is 7.43. The Labute approximate surface area is 126 Å². The first kappa shape index (κ1) is 11.9. The third kappa shape index (κ3) is 1.59. The fraction of sp³-hybridized carbons (Fsp3) is 0.118. The van der Waals surface area contributed by atoms with Crippen LogP contribution in [0.3, 0.4) is 0 Å². The molecule has 0 radical (unpaired) electrons. The first-order chi connectivity index (χ1) is 9.75. The molecule has 0 saturated heterocycles. The van der Waals surface area contributed by atoms with Crippen LogP contribution in [-0.4, -0.2) is 9.55 Å². The zero-order chi connectivity index (χ0) is 13.7. The van der Waals surface area contributed by atoms with Gasteiger partial charge in [0.15, 0.2) is 0 Å². The van der Waals surface area contributed by atoms with E-state index in [-0.39, 0.29) is 6.04 Å². The molecule has 0 bridgehead atoms. The molecule has 4 rings (SSSR count). The highest BCUT2D eigenvalue weighted by Gasteiger charge is 2.31. The van der Waals surface area contributed by atoms with Gasteiger partial charge in [0.05, 0.1) is 6.04 Å². The summed E-state index contributed by atoms with van der Waals surface area (Å²) in [5.74, 6) is 1.08. The average Bonchev–Trinajstić information content (AvgIpc) is 2.99. The van der Waals surface area contributed by atoms with Gasteiger partial charge < -0.3 is 4.57 Å². The second-order valence-corrected chi connectivity index (χ2v) is 6.05. The highest BCUT2D eigenvalue weighted by atomic mass is 79.9. The largest absolute Gasteiger partial charge is 0.317 e. The van der Waals surface area contributed by atoms with Gasteiger partial charge in [-0.3, -0.25) is 0 Å². The molecule has 2 aromatic carbocycles. The normalized spacial score (nSPS) is 16.0. The van der Waals surface area contributed by atoms with Gasteiger partial charge in [-0.25, -0.2) is 4.98 Å². The summed E-state index contributed by atoms with van der Waals surface area (Å²) in [5, 5.41) is 0. The van der Waals surface area contributed by atoms with Gasteiger partial charge in [-0.15, -0.1) is 0 Å². The van der Waals surface area contributed by atoms with Crippen LogP contribution < -0.4 is 0 Å². The zero-order valence-electron chi connectivity index (χ0n) is 11.0. The van der Waals surface area contributed by atoms with Gasteiger partial charge in [0, 0.05) is 21.9 Å². The van der Waals surface area contributed by atoms with Gasteiger partial charge in [0.2, 0.25) is 0 Å². The molecule has 1 unspecified atom stereocenters. The lowest BCUT2D eigenvalue weighted by Crippen LogP contribution is -2.08. The van der Waals surface area contributed by atoms with E-state index >= 15 is 0 Å². The number of fused-ring (bicyclic) bond motifs is 3. The number of benzene rings is 2. The van der Waals surface area contributed by atoms with Gasteiger partial charge >= 0.3 is 0 Å². The van der Waals surface area contributed by atoms with E-state index in [9.17, 15) is 0 Å². The van der Waals surface area contributed by atoms with Crippen molar-refractivity contribution in [1.82, 2.24) is 9.55 Å². The summed E-state index contributed by atoms with van der Waals surface area (Å²) in [4.78, 5) is 4.58. The molecule has 0 spiro atoms. The molecule has 0 amide bonds. The van der Waals surface area contributed by atoms with Gasteiger partial charge in [-0.1, -0.05) is 52.3 Å². The van der Waals surface area contributed by atoms with Crippen molar-refractivity contribution >= 4 is 15.9 Å². The number of nitrogens with zero attached hydrogens (tertiary/aromatic N) is 2. The summed E-state index contributed by atoms with van der Waals surface area (Å²) in [6, 6.07) is 17.3. The Hall–Kier alpha value is -1.87. The van der Waals surface area contributed by atoms with E-state index in [1.54, 1.807) is 0 Å². The molecular weight excluding hydrogens is 312 g/mol. The summed E-state index contributed by atoms with van der Waals surface area (Å²) in [7, 11) is 0. The number of aromatic nitrogens is 2. The third-order valence-corrected chi connectivity index (χ3v) is 4.45. The van der Waals surface area contributed by atoms with Crippen molar-refractivity contribution in [2.75, 3.05) is 0 Å². The number of hydrogen-bond acceptors (Lipinski definition) is 1. The Morgan fingerprint density at radius 2 is 1.80 bits per heavy atom. The van der Waals surface area contributed by atoms with Crippen LogP contribution in [0, 0.1) is 6.92 Å². The van der Waals surface area contributed by atoms with Crippen LogP contribution in [-0.2, 0) is 0 Å². The molecule has 1 aromatic heterocycles. The lowest BCUT2D eigenvalue weighted by atomic mass is 9.97. The Kier molecular flexibility index (Phi) is 2.57. The van der Waals surface area contributed by atoms with Crippen molar-refractivity contribution < 1.29 is 0 Å². The van der Waals surface area contributed by atoms with E-state index in [4.69, 9.17) is 0 Å². The van der Waals surface area contributed by atoms with Crippen molar-refractivity contribution in [3.63, 3.8) is 0 Å². The van der Waals surface area contributed by atoms with Crippen molar-refractivity contribution in [1.29, 1.82) is 0 Å². The predicted molar refractivity (Wildman–Crippen MR) is 83.8 cm³/mol.